The predicted molar refractivity (Wildman–Crippen MR) is 79.9 cm³/mol. The number of carbonyl (C=O) groups excluding carboxylic acids is 1. The first-order chi connectivity index (χ1) is 10.4. The number of rotatable bonds is 7. The molecule has 118 valence electrons. The number of aliphatic hydroxyl groups is 1. The van der Waals surface area contributed by atoms with Gasteiger partial charge in [0.1, 0.15) is 0 Å². The van der Waals surface area contributed by atoms with Crippen LogP contribution in [0.2, 0.25) is 0 Å². The van der Waals surface area contributed by atoms with Gasteiger partial charge >= 0.3 is 0 Å². The smallest absolute Gasteiger partial charge is 0.240 e. The Kier molecular flexibility index (Phi) is 5.12. The van der Waals surface area contributed by atoms with E-state index >= 15 is 0 Å². The van der Waals surface area contributed by atoms with Gasteiger partial charge in [0.25, 0.3) is 0 Å². The van der Waals surface area contributed by atoms with Gasteiger partial charge in [0.2, 0.25) is 10.0 Å². The summed E-state index contributed by atoms with van der Waals surface area (Å²) in [6.07, 6.45) is 2.30. The summed E-state index contributed by atoms with van der Waals surface area (Å²) in [4.78, 5) is 11.2. The van der Waals surface area contributed by atoms with Crippen LogP contribution in [0.3, 0.4) is 0 Å². The number of hydrogen-bond donors (Lipinski definition) is 2. The van der Waals surface area contributed by atoms with Crippen molar-refractivity contribution in [3.63, 3.8) is 0 Å². The Balaban J connectivity index is 1.95. The van der Waals surface area contributed by atoms with E-state index in [4.69, 9.17) is 4.42 Å². The molecule has 2 aromatic rings. The van der Waals surface area contributed by atoms with Gasteiger partial charge in [0.15, 0.2) is 5.78 Å². The fourth-order valence-electron chi connectivity index (χ4n) is 1.91. The lowest BCUT2D eigenvalue weighted by molar-refractivity contribution is 0.101. The van der Waals surface area contributed by atoms with Crippen LogP contribution in [-0.4, -0.2) is 25.9 Å². The summed E-state index contributed by atoms with van der Waals surface area (Å²) in [6, 6.07) is 7.32. The van der Waals surface area contributed by atoms with E-state index in [1.807, 2.05) is 0 Å². The molecule has 0 aliphatic rings. The molecule has 0 saturated heterocycles. The summed E-state index contributed by atoms with van der Waals surface area (Å²) in [5.74, 6) is -0.125. The molecule has 0 radical (unpaired) electrons. The van der Waals surface area contributed by atoms with Crippen LogP contribution in [0.4, 0.5) is 0 Å². The molecule has 1 aromatic carbocycles. The second kappa shape index (κ2) is 6.87. The number of aliphatic hydroxyl groups excluding tert-OH is 1. The van der Waals surface area contributed by atoms with Crippen molar-refractivity contribution in [2.24, 2.45) is 0 Å². The standard InChI is InChI=1S/C15H17NO5S/c1-11(17)12-2-4-14(5-3-12)22(19,20)16-8-6-15(18)13-7-9-21-10-13/h2-5,7,9-10,15-16,18H,6,8H2,1H3. The van der Waals surface area contributed by atoms with Crippen molar-refractivity contribution in [3.8, 4) is 0 Å². The van der Waals surface area contributed by atoms with Crippen molar-refractivity contribution >= 4 is 15.8 Å². The zero-order valence-corrected chi connectivity index (χ0v) is 12.8. The fraction of sp³-hybridized carbons (Fsp3) is 0.267. The van der Waals surface area contributed by atoms with Crippen LogP contribution in [0.5, 0.6) is 0 Å². The molecule has 0 saturated carbocycles. The molecule has 22 heavy (non-hydrogen) atoms. The van der Waals surface area contributed by atoms with Crippen molar-refractivity contribution in [2.45, 2.75) is 24.3 Å². The molecule has 0 amide bonds. The maximum atomic E-state index is 12.1. The van der Waals surface area contributed by atoms with Gasteiger partial charge in [-0.2, -0.15) is 0 Å². The Morgan fingerprint density at radius 2 is 1.95 bits per heavy atom. The van der Waals surface area contributed by atoms with Crippen molar-refractivity contribution in [3.05, 3.63) is 54.0 Å². The van der Waals surface area contributed by atoms with E-state index in [0.717, 1.165) is 0 Å². The topological polar surface area (TPSA) is 96.6 Å². The predicted octanol–water partition coefficient (Wildman–Crippen LogP) is 1.88. The lowest BCUT2D eigenvalue weighted by atomic mass is 10.1. The second-order valence-electron chi connectivity index (χ2n) is 4.84. The molecule has 6 nitrogen and oxygen atoms in total. The highest BCUT2D eigenvalue weighted by Gasteiger charge is 2.15. The normalized spacial score (nSPS) is 13.0. The Morgan fingerprint density at radius 3 is 2.50 bits per heavy atom. The summed E-state index contributed by atoms with van der Waals surface area (Å²) >= 11 is 0. The fourth-order valence-corrected chi connectivity index (χ4v) is 2.96. The third-order valence-electron chi connectivity index (χ3n) is 3.21. The van der Waals surface area contributed by atoms with Crippen molar-refractivity contribution < 1.29 is 22.7 Å². The molecule has 1 aromatic heterocycles. The van der Waals surface area contributed by atoms with Crippen LogP contribution >= 0.6 is 0 Å². The Labute approximate surface area is 128 Å². The zero-order chi connectivity index (χ0) is 16.2. The quantitative estimate of drug-likeness (QED) is 0.758. The maximum absolute atomic E-state index is 12.1. The van der Waals surface area contributed by atoms with Crippen molar-refractivity contribution in [2.75, 3.05) is 6.54 Å². The van der Waals surface area contributed by atoms with Gasteiger partial charge in [-0.3, -0.25) is 4.79 Å². The highest BCUT2D eigenvalue weighted by molar-refractivity contribution is 7.89. The molecule has 0 fully saturated rings. The highest BCUT2D eigenvalue weighted by Crippen LogP contribution is 2.17. The third-order valence-corrected chi connectivity index (χ3v) is 4.69. The van der Waals surface area contributed by atoms with Gasteiger partial charge < -0.3 is 9.52 Å². The molecule has 1 unspecified atom stereocenters. The number of carbonyl (C=O) groups is 1. The van der Waals surface area contributed by atoms with Gasteiger partial charge in [-0.05, 0) is 31.5 Å². The number of nitrogens with one attached hydrogen (secondary N) is 1. The van der Waals surface area contributed by atoms with E-state index in [1.165, 1.54) is 43.7 Å². The molecule has 2 N–H and O–H groups in total. The number of ketones is 1. The van der Waals surface area contributed by atoms with Crippen molar-refractivity contribution in [1.29, 1.82) is 0 Å². The number of sulfonamides is 1. The third kappa shape index (κ3) is 4.03. The molecule has 0 aliphatic heterocycles. The van der Waals surface area contributed by atoms with Gasteiger partial charge in [0, 0.05) is 17.7 Å². The van der Waals surface area contributed by atoms with Gasteiger partial charge in [0.05, 0.1) is 23.5 Å². The summed E-state index contributed by atoms with van der Waals surface area (Å²) in [5.41, 5.74) is 1.05. The Morgan fingerprint density at radius 1 is 1.27 bits per heavy atom. The monoisotopic (exact) mass is 323 g/mol. The first kappa shape index (κ1) is 16.4. The minimum Gasteiger partial charge on any atom is -0.472 e. The van der Waals surface area contributed by atoms with E-state index in [1.54, 1.807) is 6.07 Å². The first-order valence-corrected chi connectivity index (χ1v) is 8.19. The molecule has 7 heteroatoms. The average Bonchev–Trinajstić information content (AvgIpc) is 3.01. The van der Waals surface area contributed by atoms with Crippen LogP contribution in [0, 0.1) is 0 Å². The lowest BCUT2D eigenvalue weighted by Crippen LogP contribution is -2.26. The highest BCUT2D eigenvalue weighted by atomic mass is 32.2. The first-order valence-electron chi connectivity index (χ1n) is 6.71. The van der Waals surface area contributed by atoms with Crippen molar-refractivity contribution in [1.82, 2.24) is 4.72 Å². The minimum atomic E-state index is -3.66. The van der Waals surface area contributed by atoms with Crippen LogP contribution in [0.25, 0.3) is 0 Å². The molecule has 1 atom stereocenters. The van der Waals surface area contributed by atoms with E-state index in [9.17, 15) is 18.3 Å². The van der Waals surface area contributed by atoms with Gasteiger partial charge in [-0.1, -0.05) is 12.1 Å². The molecule has 0 bridgehead atoms. The van der Waals surface area contributed by atoms with Gasteiger partial charge in [-0.25, -0.2) is 13.1 Å². The van der Waals surface area contributed by atoms with Crippen LogP contribution in [-0.2, 0) is 10.0 Å². The molecule has 2 rings (SSSR count). The number of Topliss-reactive ketones (excluding diaryl/α,β-unsaturated/α-hetero) is 1. The molecule has 0 spiro atoms. The summed E-state index contributed by atoms with van der Waals surface area (Å²) in [7, 11) is -3.66. The van der Waals surface area contributed by atoms with Gasteiger partial charge in [-0.15, -0.1) is 0 Å². The number of hydrogen-bond acceptors (Lipinski definition) is 5. The average molecular weight is 323 g/mol. The largest absolute Gasteiger partial charge is 0.472 e. The Bertz CT molecular complexity index is 720. The summed E-state index contributed by atoms with van der Waals surface area (Å²) in [6.45, 7) is 1.50. The number of furan rings is 1. The van der Waals surface area contributed by atoms with E-state index in [-0.39, 0.29) is 23.6 Å². The van der Waals surface area contributed by atoms with E-state index in [0.29, 0.717) is 11.1 Å². The SMILES string of the molecule is CC(=O)c1ccc(S(=O)(=O)NCCC(O)c2ccoc2)cc1. The van der Waals surface area contributed by atoms with Crippen LogP contribution in [0.1, 0.15) is 35.4 Å². The second-order valence-corrected chi connectivity index (χ2v) is 6.61. The van der Waals surface area contributed by atoms with E-state index < -0.39 is 16.1 Å². The van der Waals surface area contributed by atoms with E-state index in [2.05, 4.69) is 4.72 Å². The zero-order valence-electron chi connectivity index (χ0n) is 12.0. The number of benzene rings is 1. The molecular weight excluding hydrogens is 306 g/mol. The minimum absolute atomic E-state index is 0.0790. The summed E-state index contributed by atoms with van der Waals surface area (Å²) < 4.78 is 31.4. The maximum Gasteiger partial charge on any atom is 0.240 e. The lowest BCUT2D eigenvalue weighted by Gasteiger charge is -2.10. The summed E-state index contributed by atoms with van der Waals surface area (Å²) in [5, 5.41) is 9.84. The molecule has 1 heterocycles. The van der Waals surface area contributed by atoms with Crippen LogP contribution < -0.4 is 4.72 Å². The Hall–Kier alpha value is -1.96. The molecular formula is C15H17NO5S. The molecule has 0 aliphatic carbocycles. The van der Waals surface area contributed by atoms with Crippen LogP contribution in [0.15, 0.2) is 52.2 Å².